The molecule has 0 aliphatic rings. The zero-order valence-electron chi connectivity index (χ0n) is 11.9. The van der Waals surface area contributed by atoms with E-state index in [9.17, 15) is 4.79 Å². The Labute approximate surface area is 134 Å². The van der Waals surface area contributed by atoms with Gasteiger partial charge >= 0.3 is 0 Å². The Morgan fingerprint density at radius 1 is 1.05 bits per heavy atom. The van der Waals surface area contributed by atoms with Crippen LogP contribution in [0.5, 0.6) is 0 Å². The molecule has 21 heavy (non-hydrogen) atoms. The van der Waals surface area contributed by atoms with Crippen molar-refractivity contribution in [3.05, 3.63) is 63.6 Å². The van der Waals surface area contributed by atoms with Gasteiger partial charge in [-0.2, -0.15) is 0 Å². The third-order valence-electron chi connectivity index (χ3n) is 2.95. The van der Waals surface area contributed by atoms with E-state index in [4.69, 9.17) is 23.2 Å². The van der Waals surface area contributed by atoms with Crippen molar-refractivity contribution in [3.63, 3.8) is 0 Å². The Morgan fingerprint density at radius 2 is 1.71 bits per heavy atom. The number of nitrogens with one attached hydrogen (secondary N) is 2. The molecule has 0 unspecified atom stereocenters. The number of amides is 1. The third-order valence-corrected chi connectivity index (χ3v) is 3.69. The number of halogens is 2. The Morgan fingerprint density at radius 3 is 2.29 bits per heavy atom. The fourth-order valence-electron chi connectivity index (χ4n) is 1.95. The highest BCUT2D eigenvalue weighted by molar-refractivity contribution is 6.42. The topological polar surface area (TPSA) is 33.5 Å². The molecule has 0 atom stereocenters. The number of anilines is 1. The second-order valence-corrected chi connectivity index (χ2v) is 5.98. The molecule has 2 rings (SSSR count). The molecule has 0 aliphatic heterocycles. The van der Waals surface area contributed by atoms with Gasteiger partial charge in [-0.1, -0.05) is 35.3 Å². The van der Waals surface area contributed by atoms with E-state index in [2.05, 4.69) is 19.4 Å². The maximum absolute atomic E-state index is 12.1. The SMILES string of the molecule is C[NH+](C)Cc1ccc(NC(=O)c2ccc(Cl)c(Cl)c2)cc1. The maximum Gasteiger partial charge on any atom is 0.255 e. The molecule has 2 aromatic rings. The zero-order chi connectivity index (χ0) is 15.4. The van der Waals surface area contributed by atoms with Gasteiger partial charge in [0.25, 0.3) is 5.91 Å². The van der Waals surface area contributed by atoms with Crippen LogP contribution in [0.3, 0.4) is 0 Å². The predicted molar refractivity (Wildman–Crippen MR) is 87.4 cm³/mol. The van der Waals surface area contributed by atoms with Gasteiger partial charge in [0.2, 0.25) is 0 Å². The number of benzene rings is 2. The van der Waals surface area contributed by atoms with Crippen molar-refractivity contribution in [3.8, 4) is 0 Å². The molecular formula is C16H17Cl2N2O+. The molecule has 0 aliphatic carbocycles. The zero-order valence-corrected chi connectivity index (χ0v) is 13.4. The number of quaternary nitrogens is 1. The van der Waals surface area contributed by atoms with E-state index >= 15 is 0 Å². The molecule has 0 spiro atoms. The first kappa shape index (κ1) is 15.8. The third kappa shape index (κ3) is 4.46. The Balaban J connectivity index is 2.06. The van der Waals surface area contributed by atoms with Crippen LogP contribution in [-0.2, 0) is 6.54 Å². The Hall–Kier alpha value is -1.55. The van der Waals surface area contributed by atoms with E-state index in [-0.39, 0.29) is 5.91 Å². The van der Waals surface area contributed by atoms with E-state index in [1.54, 1.807) is 18.2 Å². The molecule has 2 N–H and O–H groups in total. The molecule has 0 bridgehead atoms. The van der Waals surface area contributed by atoms with E-state index in [0.717, 1.165) is 12.2 Å². The average molecular weight is 324 g/mol. The van der Waals surface area contributed by atoms with Crippen molar-refractivity contribution in [1.29, 1.82) is 0 Å². The maximum atomic E-state index is 12.1. The van der Waals surface area contributed by atoms with Gasteiger partial charge in [-0.05, 0) is 30.3 Å². The van der Waals surface area contributed by atoms with Crippen molar-refractivity contribution < 1.29 is 9.69 Å². The van der Waals surface area contributed by atoms with Crippen LogP contribution in [-0.4, -0.2) is 20.0 Å². The monoisotopic (exact) mass is 323 g/mol. The normalized spacial score (nSPS) is 10.7. The summed E-state index contributed by atoms with van der Waals surface area (Å²) in [5, 5.41) is 3.64. The summed E-state index contributed by atoms with van der Waals surface area (Å²) in [6.07, 6.45) is 0. The quantitative estimate of drug-likeness (QED) is 0.891. The van der Waals surface area contributed by atoms with E-state index in [1.807, 2.05) is 24.3 Å². The first-order chi connectivity index (χ1) is 9.95. The van der Waals surface area contributed by atoms with Crippen molar-refractivity contribution in [2.24, 2.45) is 0 Å². The van der Waals surface area contributed by atoms with E-state index < -0.39 is 0 Å². The smallest absolute Gasteiger partial charge is 0.255 e. The van der Waals surface area contributed by atoms with Crippen LogP contribution in [0.1, 0.15) is 15.9 Å². The van der Waals surface area contributed by atoms with Crippen molar-refractivity contribution >= 4 is 34.8 Å². The molecule has 0 saturated carbocycles. The van der Waals surface area contributed by atoms with Gasteiger partial charge in [0.05, 0.1) is 24.1 Å². The number of hydrogen-bond acceptors (Lipinski definition) is 1. The van der Waals surface area contributed by atoms with Gasteiger partial charge in [-0.25, -0.2) is 0 Å². The van der Waals surface area contributed by atoms with Crippen LogP contribution in [0.2, 0.25) is 10.0 Å². The molecule has 0 radical (unpaired) electrons. The highest BCUT2D eigenvalue weighted by Gasteiger charge is 2.08. The molecule has 3 nitrogen and oxygen atoms in total. The van der Waals surface area contributed by atoms with Crippen LogP contribution in [0.4, 0.5) is 5.69 Å². The van der Waals surface area contributed by atoms with Crippen LogP contribution >= 0.6 is 23.2 Å². The molecule has 0 aromatic heterocycles. The summed E-state index contributed by atoms with van der Waals surface area (Å²) in [5.74, 6) is -0.209. The van der Waals surface area contributed by atoms with Gasteiger partial charge in [0.1, 0.15) is 6.54 Å². The fraction of sp³-hybridized carbons (Fsp3) is 0.188. The van der Waals surface area contributed by atoms with Gasteiger partial charge < -0.3 is 10.2 Å². The Kier molecular flexibility index (Phi) is 5.23. The van der Waals surface area contributed by atoms with Gasteiger partial charge in [0.15, 0.2) is 0 Å². The van der Waals surface area contributed by atoms with Gasteiger partial charge in [0, 0.05) is 16.8 Å². The highest BCUT2D eigenvalue weighted by Crippen LogP contribution is 2.23. The summed E-state index contributed by atoms with van der Waals surface area (Å²) in [6.45, 7) is 0.945. The average Bonchev–Trinajstić information content (AvgIpc) is 2.43. The standard InChI is InChI=1S/C16H16Cl2N2O/c1-20(2)10-11-3-6-13(7-4-11)19-16(21)12-5-8-14(17)15(18)9-12/h3-9H,10H2,1-2H3,(H,19,21)/p+1. The number of carbonyl (C=O) groups is 1. The summed E-state index contributed by atoms with van der Waals surface area (Å²) in [6, 6.07) is 12.6. The van der Waals surface area contributed by atoms with Crippen molar-refractivity contribution in [2.45, 2.75) is 6.54 Å². The molecule has 110 valence electrons. The highest BCUT2D eigenvalue weighted by atomic mass is 35.5. The molecule has 1 amide bonds. The summed E-state index contributed by atoms with van der Waals surface area (Å²) in [4.78, 5) is 13.5. The predicted octanol–water partition coefficient (Wildman–Crippen LogP) is 2.89. The van der Waals surface area contributed by atoms with Gasteiger partial charge in [-0.15, -0.1) is 0 Å². The molecule has 5 heteroatoms. The summed E-state index contributed by atoms with van der Waals surface area (Å²) >= 11 is 11.8. The molecule has 0 heterocycles. The Bertz CT molecular complexity index is 639. The lowest BCUT2D eigenvalue weighted by Crippen LogP contribution is -3.04. The fourth-order valence-corrected chi connectivity index (χ4v) is 2.25. The lowest BCUT2D eigenvalue weighted by molar-refractivity contribution is -0.872. The minimum Gasteiger partial charge on any atom is -0.336 e. The van der Waals surface area contributed by atoms with Crippen LogP contribution in [0.15, 0.2) is 42.5 Å². The summed E-state index contributed by atoms with van der Waals surface area (Å²) < 4.78 is 0. The van der Waals surface area contributed by atoms with Crippen LogP contribution < -0.4 is 10.2 Å². The second-order valence-electron chi connectivity index (χ2n) is 5.16. The van der Waals surface area contributed by atoms with E-state index in [0.29, 0.717) is 15.6 Å². The molecular weight excluding hydrogens is 307 g/mol. The lowest BCUT2D eigenvalue weighted by Gasteiger charge is -2.09. The molecule has 0 fully saturated rings. The first-order valence-corrected chi connectivity index (χ1v) is 7.35. The largest absolute Gasteiger partial charge is 0.336 e. The number of hydrogen-bond donors (Lipinski definition) is 2. The summed E-state index contributed by atoms with van der Waals surface area (Å²) in [5.41, 5.74) is 2.46. The second kappa shape index (κ2) is 6.94. The lowest BCUT2D eigenvalue weighted by atomic mass is 10.1. The van der Waals surface area contributed by atoms with Crippen molar-refractivity contribution in [2.75, 3.05) is 19.4 Å². The first-order valence-electron chi connectivity index (χ1n) is 6.60. The molecule has 0 saturated heterocycles. The summed E-state index contributed by atoms with van der Waals surface area (Å²) in [7, 11) is 4.19. The molecule has 2 aromatic carbocycles. The minimum atomic E-state index is -0.209. The number of carbonyl (C=O) groups excluding carboxylic acids is 1. The minimum absolute atomic E-state index is 0.209. The van der Waals surface area contributed by atoms with Crippen molar-refractivity contribution in [1.82, 2.24) is 0 Å². The van der Waals surface area contributed by atoms with E-state index in [1.165, 1.54) is 10.5 Å². The van der Waals surface area contributed by atoms with Gasteiger partial charge in [-0.3, -0.25) is 4.79 Å². The number of rotatable bonds is 4. The van der Waals surface area contributed by atoms with Crippen LogP contribution in [0, 0.1) is 0 Å². The van der Waals surface area contributed by atoms with Crippen LogP contribution in [0.25, 0.3) is 0 Å².